The maximum absolute atomic E-state index is 12.7. The first-order valence-electron chi connectivity index (χ1n) is 8.89. The van der Waals surface area contributed by atoms with E-state index in [1.54, 1.807) is 0 Å². The van der Waals surface area contributed by atoms with Crippen LogP contribution >= 0.6 is 11.3 Å². The Morgan fingerprint density at radius 3 is 2.84 bits per heavy atom. The highest BCUT2D eigenvalue weighted by atomic mass is 32.1. The monoisotopic (exact) mass is 353 g/mol. The molecule has 1 aromatic heterocycles. The van der Waals surface area contributed by atoms with Gasteiger partial charge in [0.15, 0.2) is 0 Å². The number of benzene rings is 1. The lowest BCUT2D eigenvalue weighted by atomic mass is 9.96. The fraction of sp³-hybridized carbons (Fsp3) is 0.350. The van der Waals surface area contributed by atoms with Gasteiger partial charge in [-0.2, -0.15) is 0 Å². The number of amides is 1. The van der Waals surface area contributed by atoms with E-state index in [0.29, 0.717) is 16.6 Å². The lowest BCUT2D eigenvalue weighted by Crippen LogP contribution is -2.23. The van der Waals surface area contributed by atoms with Crippen LogP contribution in [0.25, 0.3) is 6.08 Å². The van der Waals surface area contributed by atoms with Gasteiger partial charge in [-0.05, 0) is 50.0 Å². The average Bonchev–Trinajstić information content (AvgIpc) is 2.78. The van der Waals surface area contributed by atoms with Crippen LogP contribution in [0.1, 0.15) is 52.9 Å². The van der Waals surface area contributed by atoms with Crippen LogP contribution in [0.15, 0.2) is 29.8 Å². The van der Waals surface area contributed by atoms with E-state index in [1.165, 1.54) is 41.7 Å². The molecular weight excluding hydrogens is 330 g/mol. The lowest BCUT2D eigenvalue weighted by molar-refractivity contribution is 0.103. The number of nitrogen functional groups attached to an aromatic ring is 1. The Balaban J connectivity index is 1.60. The number of carbonyl (C=O) groups is 1. The predicted octanol–water partition coefficient (Wildman–Crippen LogP) is 5.03. The Bertz CT molecular complexity index is 835. The fourth-order valence-electron chi connectivity index (χ4n) is 3.60. The first-order valence-corrected chi connectivity index (χ1v) is 9.71. The van der Waals surface area contributed by atoms with Crippen LogP contribution in [-0.4, -0.2) is 11.9 Å². The van der Waals surface area contributed by atoms with Gasteiger partial charge in [-0.3, -0.25) is 4.79 Å². The third kappa shape index (κ3) is 3.16. The molecule has 5 heteroatoms. The zero-order chi connectivity index (χ0) is 17.4. The summed E-state index contributed by atoms with van der Waals surface area (Å²) in [6.07, 6.45) is 8.29. The van der Waals surface area contributed by atoms with Crippen LogP contribution < -0.4 is 16.4 Å². The molecule has 0 bridgehead atoms. The van der Waals surface area contributed by atoms with E-state index >= 15 is 0 Å². The molecule has 1 aromatic carbocycles. The summed E-state index contributed by atoms with van der Waals surface area (Å²) in [6.45, 7) is 2.03. The summed E-state index contributed by atoms with van der Waals surface area (Å²) in [4.78, 5) is 13.3. The first-order chi connectivity index (χ1) is 12.1. The molecule has 1 aliphatic heterocycles. The van der Waals surface area contributed by atoms with Gasteiger partial charge in [-0.25, -0.2) is 0 Å². The maximum atomic E-state index is 12.7. The second-order valence-corrected chi connectivity index (χ2v) is 7.94. The highest BCUT2D eigenvalue weighted by Gasteiger charge is 2.28. The van der Waals surface area contributed by atoms with Crippen molar-refractivity contribution in [2.75, 3.05) is 16.4 Å². The molecule has 1 unspecified atom stereocenters. The molecule has 1 saturated carbocycles. The minimum absolute atomic E-state index is 0.138. The van der Waals surface area contributed by atoms with Crippen molar-refractivity contribution in [1.82, 2.24) is 0 Å². The molecule has 130 valence electrons. The zero-order valence-electron chi connectivity index (χ0n) is 14.4. The Labute approximate surface area is 152 Å². The van der Waals surface area contributed by atoms with Crippen LogP contribution in [0.3, 0.4) is 0 Å². The highest BCUT2D eigenvalue weighted by Crippen LogP contribution is 2.43. The summed E-state index contributed by atoms with van der Waals surface area (Å²) < 4.78 is 0. The van der Waals surface area contributed by atoms with Crippen molar-refractivity contribution in [3.05, 3.63) is 45.8 Å². The summed E-state index contributed by atoms with van der Waals surface area (Å²) >= 11 is 1.46. The topological polar surface area (TPSA) is 67.2 Å². The Morgan fingerprint density at radius 1 is 1.24 bits per heavy atom. The third-order valence-electron chi connectivity index (χ3n) is 5.04. The number of carbonyl (C=O) groups excluding carboxylic acids is 1. The number of hydrogen-bond acceptors (Lipinski definition) is 4. The van der Waals surface area contributed by atoms with E-state index in [1.807, 2.05) is 31.2 Å². The van der Waals surface area contributed by atoms with Gasteiger partial charge in [0.1, 0.15) is 4.88 Å². The van der Waals surface area contributed by atoms with Crippen LogP contribution in [0.5, 0.6) is 0 Å². The van der Waals surface area contributed by atoms with Gasteiger partial charge in [0.05, 0.1) is 10.7 Å². The summed E-state index contributed by atoms with van der Waals surface area (Å²) in [7, 11) is 0. The average molecular weight is 353 g/mol. The van der Waals surface area contributed by atoms with Gasteiger partial charge >= 0.3 is 0 Å². The minimum atomic E-state index is -0.138. The van der Waals surface area contributed by atoms with Crippen molar-refractivity contribution in [1.29, 1.82) is 0 Å². The normalized spacial score (nSPS) is 19.1. The van der Waals surface area contributed by atoms with Gasteiger partial charge < -0.3 is 16.4 Å². The minimum Gasteiger partial charge on any atom is -0.397 e. The van der Waals surface area contributed by atoms with E-state index in [9.17, 15) is 4.79 Å². The van der Waals surface area contributed by atoms with Crippen LogP contribution in [0.4, 0.5) is 16.4 Å². The van der Waals surface area contributed by atoms with Crippen molar-refractivity contribution in [3.63, 3.8) is 0 Å². The molecule has 1 fully saturated rings. The predicted molar refractivity (Wildman–Crippen MR) is 106 cm³/mol. The molecule has 0 saturated heterocycles. The summed E-state index contributed by atoms with van der Waals surface area (Å²) in [5, 5.41) is 7.60. The van der Waals surface area contributed by atoms with Crippen molar-refractivity contribution in [2.45, 2.75) is 45.1 Å². The molecule has 0 spiro atoms. The Morgan fingerprint density at radius 2 is 2.04 bits per heavy atom. The van der Waals surface area contributed by atoms with Crippen LogP contribution in [0, 0.1) is 6.92 Å². The number of thiophene rings is 1. The molecule has 2 heterocycles. The Hall–Kier alpha value is -2.27. The molecule has 4 nitrogen and oxygen atoms in total. The van der Waals surface area contributed by atoms with Gasteiger partial charge in [0.25, 0.3) is 5.91 Å². The second kappa shape index (κ2) is 6.56. The van der Waals surface area contributed by atoms with Crippen molar-refractivity contribution >= 4 is 39.7 Å². The lowest BCUT2D eigenvalue weighted by Gasteiger charge is -2.24. The highest BCUT2D eigenvalue weighted by molar-refractivity contribution is 7.19. The van der Waals surface area contributed by atoms with Crippen molar-refractivity contribution in [2.24, 2.45) is 0 Å². The van der Waals surface area contributed by atoms with Crippen molar-refractivity contribution < 1.29 is 4.79 Å². The van der Waals surface area contributed by atoms with E-state index in [-0.39, 0.29) is 5.91 Å². The van der Waals surface area contributed by atoms with Gasteiger partial charge in [0, 0.05) is 17.3 Å². The van der Waals surface area contributed by atoms with Gasteiger partial charge in [-0.1, -0.05) is 30.5 Å². The number of nitrogens with one attached hydrogen (secondary N) is 2. The number of aryl methyl sites for hydroxylation is 1. The molecule has 0 radical (unpaired) electrons. The SMILES string of the molecule is Cc1ccc(NC(=O)c2sc3c(c2N)C=C2CCCCCC2N3)cc1. The van der Waals surface area contributed by atoms with E-state index < -0.39 is 0 Å². The standard InChI is InChI=1S/C20H23N3OS/c1-12-7-9-14(10-8-12)22-19(24)18-17(21)15-11-13-5-3-2-4-6-16(13)23-20(15)25-18/h7-11,16,23H,2-6,21H2,1H3,(H,22,24). The molecule has 4 N–H and O–H groups in total. The van der Waals surface area contributed by atoms with Gasteiger partial charge in [0.2, 0.25) is 0 Å². The molecule has 2 aromatic rings. The maximum Gasteiger partial charge on any atom is 0.267 e. The van der Waals surface area contributed by atoms with Gasteiger partial charge in [-0.15, -0.1) is 11.3 Å². The summed E-state index contributed by atoms with van der Waals surface area (Å²) in [6, 6.07) is 8.20. The molecule has 25 heavy (non-hydrogen) atoms. The molecule has 1 amide bonds. The van der Waals surface area contributed by atoms with Crippen LogP contribution in [-0.2, 0) is 0 Å². The smallest absolute Gasteiger partial charge is 0.267 e. The molecule has 2 aliphatic rings. The van der Waals surface area contributed by atoms with E-state index in [4.69, 9.17) is 5.73 Å². The molecular formula is C20H23N3OS. The first kappa shape index (κ1) is 16.2. The number of rotatable bonds is 2. The molecule has 1 atom stereocenters. The second-order valence-electron chi connectivity index (χ2n) is 6.92. The number of hydrogen-bond donors (Lipinski definition) is 3. The number of nitrogens with two attached hydrogens (primary N) is 1. The quantitative estimate of drug-likeness (QED) is 0.709. The summed E-state index contributed by atoms with van der Waals surface area (Å²) in [5.41, 5.74) is 11.3. The van der Waals surface area contributed by atoms with E-state index in [2.05, 4.69) is 16.7 Å². The number of fused-ring (bicyclic) bond motifs is 2. The molecule has 1 aliphatic carbocycles. The third-order valence-corrected chi connectivity index (χ3v) is 6.19. The van der Waals surface area contributed by atoms with Crippen molar-refractivity contribution in [3.8, 4) is 0 Å². The summed E-state index contributed by atoms with van der Waals surface area (Å²) in [5.74, 6) is -0.138. The largest absolute Gasteiger partial charge is 0.397 e. The number of anilines is 3. The Kier molecular flexibility index (Phi) is 4.25. The van der Waals surface area contributed by atoms with Crippen LogP contribution in [0.2, 0.25) is 0 Å². The zero-order valence-corrected chi connectivity index (χ0v) is 15.2. The molecule has 4 rings (SSSR count). The fourth-order valence-corrected chi connectivity index (χ4v) is 4.64. The van der Waals surface area contributed by atoms with E-state index in [0.717, 1.165) is 29.1 Å².